The lowest BCUT2D eigenvalue weighted by Crippen LogP contribution is -2.09. The van der Waals surface area contributed by atoms with Crippen LogP contribution in [0.15, 0.2) is 34.8 Å². The summed E-state index contributed by atoms with van der Waals surface area (Å²) in [5.74, 6) is -2.91. The van der Waals surface area contributed by atoms with Gasteiger partial charge in [-0.15, -0.1) is 0 Å². The summed E-state index contributed by atoms with van der Waals surface area (Å²) >= 11 is 9.22. The molecule has 0 atom stereocenters. The van der Waals surface area contributed by atoms with Gasteiger partial charge in [-0.05, 0) is 18.2 Å². The fourth-order valence-corrected chi connectivity index (χ4v) is 2.31. The predicted molar refractivity (Wildman–Crippen MR) is 79.0 cm³/mol. The van der Waals surface area contributed by atoms with Crippen molar-refractivity contribution in [1.29, 1.82) is 0 Å². The molecule has 7 heteroatoms. The summed E-state index contributed by atoms with van der Waals surface area (Å²) in [5.41, 5.74) is 5.10. The van der Waals surface area contributed by atoms with Crippen LogP contribution >= 0.6 is 27.5 Å². The van der Waals surface area contributed by atoms with Gasteiger partial charge < -0.3 is 10.5 Å². The van der Waals surface area contributed by atoms with Crippen molar-refractivity contribution in [1.82, 2.24) is 0 Å². The van der Waals surface area contributed by atoms with Gasteiger partial charge in [-0.25, -0.2) is 13.6 Å². The Bertz CT molecular complexity index is 710. The Hall–Kier alpha value is -1.66. The number of benzene rings is 2. The lowest BCUT2D eigenvalue weighted by atomic mass is 10.2. The second kappa shape index (κ2) is 6.41. The number of nitrogens with two attached hydrogens (primary N) is 1. The zero-order valence-corrected chi connectivity index (χ0v) is 12.8. The number of anilines is 1. The molecule has 0 heterocycles. The van der Waals surface area contributed by atoms with E-state index in [1.165, 1.54) is 0 Å². The minimum absolute atomic E-state index is 0.137. The van der Waals surface area contributed by atoms with Crippen molar-refractivity contribution in [3.05, 3.63) is 62.6 Å². The molecule has 0 bridgehead atoms. The molecule has 0 fully saturated rings. The maximum absolute atomic E-state index is 13.5. The van der Waals surface area contributed by atoms with E-state index in [9.17, 15) is 13.6 Å². The van der Waals surface area contributed by atoms with Crippen molar-refractivity contribution < 1.29 is 18.3 Å². The quantitative estimate of drug-likeness (QED) is 0.641. The number of hydrogen-bond donors (Lipinski definition) is 1. The average molecular weight is 377 g/mol. The van der Waals surface area contributed by atoms with E-state index < -0.39 is 23.2 Å². The highest BCUT2D eigenvalue weighted by molar-refractivity contribution is 9.10. The number of esters is 1. The van der Waals surface area contributed by atoms with E-state index in [0.717, 1.165) is 10.5 Å². The Kier molecular flexibility index (Phi) is 4.80. The second-order valence-corrected chi connectivity index (χ2v) is 5.49. The van der Waals surface area contributed by atoms with Crippen LogP contribution in [-0.2, 0) is 11.3 Å². The predicted octanol–water partition coefficient (Wildman–Crippen LogP) is 4.32. The van der Waals surface area contributed by atoms with Gasteiger partial charge >= 0.3 is 5.97 Å². The fraction of sp³-hybridized carbons (Fsp3) is 0.0714. The Morgan fingerprint density at radius 1 is 1.24 bits per heavy atom. The monoisotopic (exact) mass is 375 g/mol. The molecular formula is C14H9BrClF2NO2. The Morgan fingerprint density at radius 2 is 1.95 bits per heavy atom. The average Bonchev–Trinajstić information content (AvgIpc) is 2.41. The van der Waals surface area contributed by atoms with Crippen molar-refractivity contribution in [2.45, 2.75) is 6.61 Å². The highest BCUT2D eigenvalue weighted by Gasteiger charge is 2.17. The largest absolute Gasteiger partial charge is 0.457 e. The first-order valence-corrected chi connectivity index (χ1v) is 6.91. The van der Waals surface area contributed by atoms with Crippen LogP contribution in [0.25, 0.3) is 0 Å². The zero-order chi connectivity index (χ0) is 15.6. The highest BCUT2D eigenvalue weighted by Crippen LogP contribution is 2.23. The van der Waals surface area contributed by atoms with Crippen LogP contribution in [0, 0.1) is 11.6 Å². The molecule has 0 radical (unpaired) electrons. The summed E-state index contributed by atoms with van der Waals surface area (Å²) in [4.78, 5) is 11.8. The minimum atomic E-state index is -1.03. The lowest BCUT2D eigenvalue weighted by Gasteiger charge is -2.08. The number of hydrogen-bond acceptors (Lipinski definition) is 3. The van der Waals surface area contributed by atoms with Crippen LogP contribution in [0.2, 0.25) is 5.02 Å². The highest BCUT2D eigenvalue weighted by atomic mass is 79.9. The van der Waals surface area contributed by atoms with Crippen LogP contribution < -0.4 is 5.73 Å². The number of halogens is 4. The van der Waals surface area contributed by atoms with E-state index in [-0.39, 0.29) is 12.3 Å². The fourth-order valence-electron chi connectivity index (χ4n) is 1.58. The molecule has 3 nitrogen and oxygen atoms in total. The molecule has 0 aromatic heterocycles. The van der Waals surface area contributed by atoms with Crippen molar-refractivity contribution in [2.75, 3.05) is 5.73 Å². The van der Waals surface area contributed by atoms with E-state index in [0.29, 0.717) is 16.7 Å². The van der Waals surface area contributed by atoms with Crippen molar-refractivity contribution in [2.24, 2.45) is 0 Å². The topological polar surface area (TPSA) is 52.3 Å². The van der Waals surface area contributed by atoms with Gasteiger partial charge in [0.1, 0.15) is 18.2 Å². The van der Waals surface area contributed by atoms with Gasteiger partial charge in [-0.1, -0.05) is 33.6 Å². The number of rotatable bonds is 3. The van der Waals surface area contributed by atoms with Gasteiger partial charge in [-0.2, -0.15) is 0 Å². The van der Waals surface area contributed by atoms with E-state index >= 15 is 0 Å². The van der Waals surface area contributed by atoms with Gasteiger partial charge in [0.25, 0.3) is 0 Å². The SMILES string of the molecule is Nc1cc(C(=O)OCc2ccc(Br)cc2Cl)c(F)cc1F. The molecule has 2 aromatic carbocycles. The Labute approximate surface area is 132 Å². The van der Waals surface area contributed by atoms with Crippen molar-refractivity contribution >= 4 is 39.2 Å². The maximum Gasteiger partial charge on any atom is 0.341 e. The van der Waals surface area contributed by atoms with Gasteiger partial charge in [0.2, 0.25) is 0 Å². The molecule has 0 saturated carbocycles. The van der Waals surface area contributed by atoms with Crippen LogP contribution in [0.3, 0.4) is 0 Å². The first-order valence-electron chi connectivity index (χ1n) is 5.74. The van der Waals surface area contributed by atoms with Crippen LogP contribution in [0.5, 0.6) is 0 Å². The molecule has 0 aliphatic rings. The van der Waals surface area contributed by atoms with E-state index in [1.54, 1.807) is 18.2 Å². The molecule has 2 aromatic rings. The third-order valence-corrected chi connectivity index (χ3v) is 3.53. The normalized spacial score (nSPS) is 10.5. The molecule has 21 heavy (non-hydrogen) atoms. The van der Waals surface area contributed by atoms with E-state index in [4.69, 9.17) is 22.1 Å². The van der Waals surface area contributed by atoms with Gasteiger partial charge in [0.05, 0.1) is 11.3 Å². The molecular weight excluding hydrogens is 368 g/mol. The molecule has 0 saturated heterocycles. The second-order valence-electron chi connectivity index (χ2n) is 4.17. The number of carbonyl (C=O) groups excluding carboxylic acids is 1. The molecule has 0 amide bonds. The van der Waals surface area contributed by atoms with E-state index in [1.807, 2.05) is 0 Å². The van der Waals surface area contributed by atoms with Crippen molar-refractivity contribution in [3.63, 3.8) is 0 Å². The maximum atomic E-state index is 13.5. The first-order chi connectivity index (χ1) is 9.88. The summed E-state index contributed by atoms with van der Waals surface area (Å²) in [7, 11) is 0. The van der Waals surface area contributed by atoms with Gasteiger partial charge in [0.15, 0.2) is 0 Å². The summed E-state index contributed by atoms with van der Waals surface area (Å²) in [6, 6.07) is 6.47. The third-order valence-electron chi connectivity index (χ3n) is 2.68. The molecule has 0 spiro atoms. The standard InChI is InChI=1S/C14H9BrClF2NO2/c15-8-2-1-7(10(16)3-8)6-21-14(20)9-4-13(19)12(18)5-11(9)17/h1-5H,6,19H2. The molecule has 0 aliphatic heterocycles. The Balaban J connectivity index is 2.13. The van der Waals surface area contributed by atoms with Gasteiger partial charge in [-0.3, -0.25) is 0 Å². The summed E-state index contributed by atoms with van der Waals surface area (Å²) in [6.07, 6.45) is 0. The van der Waals surface area contributed by atoms with Crippen LogP contribution in [0.1, 0.15) is 15.9 Å². The lowest BCUT2D eigenvalue weighted by molar-refractivity contribution is 0.0467. The van der Waals surface area contributed by atoms with Gasteiger partial charge in [0, 0.05) is 21.1 Å². The van der Waals surface area contributed by atoms with E-state index in [2.05, 4.69) is 15.9 Å². The van der Waals surface area contributed by atoms with Crippen LogP contribution in [-0.4, -0.2) is 5.97 Å². The Morgan fingerprint density at radius 3 is 2.62 bits per heavy atom. The molecule has 0 aliphatic carbocycles. The number of nitrogen functional groups attached to an aromatic ring is 1. The number of carbonyl (C=O) groups is 1. The first kappa shape index (κ1) is 15.7. The smallest absolute Gasteiger partial charge is 0.341 e. The number of ether oxygens (including phenoxy) is 1. The minimum Gasteiger partial charge on any atom is -0.457 e. The molecule has 110 valence electrons. The molecule has 2 rings (SSSR count). The van der Waals surface area contributed by atoms with Crippen LogP contribution in [0.4, 0.5) is 14.5 Å². The molecule has 0 unspecified atom stereocenters. The summed E-state index contributed by atoms with van der Waals surface area (Å²) in [5, 5.41) is 0.399. The van der Waals surface area contributed by atoms with Crippen molar-refractivity contribution in [3.8, 4) is 0 Å². The third kappa shape index (κ3) is 3.71. The zero-order valence-electron chi connectivity index (χ0n) is 10.5. The summed E-state index contributed by atoms with van der Waals surface area (Å²) in [6.45, 7) is -0.137. The summed E-state index contributed by atoms with van der Waals surface area (Å²) < 4.78 is 32.3. The molecule has 2 N–H and O–H groups in total.